The number of nitrogens with zero attached hydrogens (tertiary/aromatic N) is 2. The van der Waals surface area contributed by atoms with Crippen LogP contribution < -0.4 is 0 Å². The molecule has 0 fully saturated rings. The van der Waals surface area contributed by atoms with Gasteiger partial charge in [0.15, 0.2) is 6.33 Å². The zero-order valence-electron chi connectivity index (χ0n) is 12.6. The van der Waals surface area contributed by atoms with Gasteiger partial charge in [-0.25, -0.2) is 9.97 Å². The maximum atomic E-state index is 10.4. The van der Waals surface area contributed by atoms with Gasteiger partial charge in [0, 0.05) is 17.3 Å². The van der Waals surface area contributed by atoms with E-state index in [9.17, 15) is 5.11 Å². The summed E-state index contributed by atoms with van der Waals surface area (Å²) < 4.78 is 0. The molecule has 1 N–H and O–H groups in total. The van der Waals surface area contributed by atoms with E-state index in [1.807, 2.05) is 42.5 Å². The van der Waals surface area contributed by atoms with Gasteiger partial charge in [-0.1, -0.05) is 50.2 Å². The molecule has 0 atom stereocenters. The van der Waals surface area contributed by atoms with Gasteiger partial charge in [-0.2, -0.15) is 0 Å². The Balaban J connectivity index is 2.14. The second-order valence-corrected chi connectivity index (χ2v) is 5.53. The normalized spacial score (nSPS) is 10.9. The Hall–Kier alpha value is -2.68. The van der Waals surface area contributed by atoms with Crippen LogP contribution in [0.25, 0.3) is 22.4 Å². The average Bonchev–Trinajstić information content (AvgIpc) is 2.55. The first-order valence-corrected chi connectivity index (χ1v) is 7.28. The molecule has 0 saturated heterocycles. The SMILES string of the molecule is CC(C)c1ccc(-c2n[c]ncc2-c2ccccc2)c(O)c1. The van der Waals surface area contributed by atoms with Crippen molar-refractivity contribution in [2.45, 2.75) is 19.8 Å². The maximum Gasteiger partial charge on any atom is 0.198 e. The molecule has 0 bridgehead atoms. The predicted molar refractivity (Wildman–Crippen MR) is 87.5 cm³/mol. The second kappa shape index (κ2) is 5.98. The molecule has 2 aromatic carbocycles. The van der Waals surface area contributed by atoms with Gasteiger partial charge in [0.25, 0.3) is 0 Å². The van der Waals surface area contributed by atoms with E-state index in [0.29, 0.717) is 17.2 Å². The van der Waals surface area contributed by atoms with E-state index < -0.39 is 0 Å². The quantitative estimate of drug-likeness (QED) is 0.775. The van der Waals surface area contributed by atoms with Crippen LogP contribution in [0.1, 0.15) is 25.3 Å². The van der Waals surface area contributed by atoms with Gasteiger partial charge in [0.05, 0.1) is 5.69 Å². The van der Waals surface area contributed by atoms with E-state index in [1.165, 1.54) is 0 Å². The Labute approximate surface area is 130 Å². The lowest BCUT2D eigenvalue weighted by Crippen LogP contribution is -1.93. The highest BCUT2D eigenvalue weighted by molar-refractivity contribution is 5.82. The maximum absolute atomic E-state index is 10.4. The standard InChI is InChI=1S/C19H17N2O/c1-13(2)15-8-9-16(18(22)10-15)19-17(11-20-12-21-19)14-6-4-3-5-7-14/h3-11,13,22H,1-2H3. The lowest BCUT2D eigenvalue weighted by Gasteiger charge is -2.12. The highest BCUT2D eigenvalue weighted by Gasteiger charge is 2.14. The smallest absolute Gasteiger partial charge is 0.198 e. The van der Waals surface area contributed by atoms with Crippen molar-refractivity contribution in [1.82, 2.24) is 9.97 Å². The van der Waals surface area contributed by atoms with Gasteiger partial charge in [-0.05, 0) is 29.2 Å². The summed E-state index contributed by atoms with van der Waals surface area (Å²) in [5.41, 5.74) is 4.38. The van der Waals surface area contributed by atoms with Crippen LogP contribution in [0.3, 0.4) is 0 Å². The number of phenolic OH excluding ortho intramolecular Hbond substituents is 1. The molecule has 0 aliphatic heterocycles. The molecular weight excluding hydrogens is 272 g/mol. The van der Waals surface area contributed by atoms with Gasteiger partial charge in [-0.3, -0.25) is 0 Å². The highest BCUT2D eigenvalue weighted by atomic mass is 16.3. The molecule has 3 nitrogen and oxygen atoms in total. The number of rotatable bonds is 3. The molecule has 0 amide bonds. The monoisotopic (exact) mass is 289 g/mol. The van der Waals surface area contributed by atoms with Crippen LogP contribution in [0.4, 0.5) is 0 Å². The minimum atomic E-state index is 0.232. The summed E-state index contributed by atoms with van der Waals surface area (Å²) in [6.07, 6.45) is 4.35. The minimum Gasteiger partial charge on any atom is -0.507 e. The van der Waals surface area contributed by atoms with Crippen LogP contribution in [-0.4, -0.2) is 15.1 Å². The van der Waals surface area contributed by atoms with Crippen molar-refractivity contribution < 1.29 is 5.11 Å². The number of hydrogen-bond donors (Lipinski definition) is 1. The molecular formula is C19H17N2O. The summed E-state index contributed by atoms with van der Waals surface area (Å²) in [5.74, 6) is 0.598. The Bertz CT molecular complexity index is 782. The molecule has 3 heteroatoms. The first-order valence-electron chi connectivity index (χ1n) is 7.28. The largest absolute Gasteiger partial charge is 0.507 e. The van der Waals surface area contributed by atoms with Crippen LogP contribution in [0.5, 0.6) is 5.75 Å². The van der Waals surface area contributed by atoms with Gasteiger partial charge in [-0.15, -0.1) is 0 Å². The summed E-state index contributed by atoms with van der Waals surface area (Å²) in [6, 6.07) is 15.6. The number of benzene rings is 2. The van der Waals surface area contributed by atoms with Crippen LogP contribution >= 0.6 is 0 Å². The zero-order chi connectivity index (χ0) is 15.5. The topological polar surface area (TPSA) is 46.0 Å². The van der Waals surface area contributed by atoms with Crippen LogP contribution in [0, 0.1) is 6.33 Å². The molecule has 0 aliphatic rings. The van der Waals surface area contributed by atoms with Crippen molar-refractivity contribution in [3.05, 3.63) is 66.6 Å². The summed E-state index contributed by atoms with van der Waals surface area (Å²) >= 11 is 0. The number of phenols is 1. The van der Waals surface area contributed by atoms with Crippen molar-refractivity contribution in [3.63, 3.8) is 0 Å². The highest BCUT2D eigenvalue weighted by Crippen LogP contribution is 2.36. The second-order valence-electron chi connectivity index (χ2n) is 5.53. The Morgan fingerprint density at radius 1 is 1.00 bits per heavy atom. The molecule has 109 valence electrons. The average molecular weight is 289 g/mol. The molecule has 0 saturated carbocycles. The number of aromatic hydroxyl groups is 1. The predicted octanol–water partition coefficient (Wildman–Crippen LogP) is 4.44. The molecule has 3 aromatic rings. The Morgan fingerprint density at radius 3 is 2.45 bits per heavy atom. The molecule has 1 heterocycles. The molecule has 0 aliphatic carbocycles. The van der Waals surface area contributed by atoms with Gasteiger partial charge in [0.1, 0.15) is 5.75 Å². The lowest BCUT2D eigenvalue weighted by molar-refractivity contribution is 0.476. The third-order valence-corrected chi connectivity index (χ3v) is 3.70. The molecule has 0 unspecified atom stereocenters. The number of hydrogen-bond acceptors (Lipinski definition) is 3. The first-order chi connectivity index (χ1) is 10.7. The van der Waals surface area contributed by atoms with E-state index in [2.05, 4.69) is 30.1 Å². The van der Waals surface area contributed by atoms with E-state index in [0.717, 1.165) is 16.7 Å². The van der Waals surface area contributed by atoms with Crippen molar-refractivity contribution in [1.29, 1.82) is 0 Å². The van der Waals surface area contributed by atoms with E-state index in [4.69, 9.17) is 0 Å². The van der Waals surface area contributed by atoms with Crippen molar-refractivity contribution in [2.24, 2.45) is 0 Å². The van der Waals surface area contributed by atoms with Crippen molar-refractivity contribution in [3.8, 4) is 28.1 Å². The van der Waals surface area contributed by atoms with E-state index in [1.54, 1.807) is 12.3 Å². The summed E-state index contributed by atoms with van der Waals surface area (Å²) in [6.45, 7) is 4.20. The molecule has 22 heavy (non-hydrogen) atoms. The van der Waals surface area contributed by atoms with Crippen LogP contribution in [-0.2, 0) is 0 Å². The van der Waals surface area contributed by atoms with E-state index >= 15 is 0 Å². The van der Waals surface area contributed by atoms with Crippen LogP contribution in [0.2, 0.25) is 0 Å². The summed E-state index contributed by atoms with van der Waals surface area (Å²) in [7, 11) is 0. The molecule has 1 aromatic heterocycles. The Morgan fingerprint density at radius 2 is 1.77 bits per heavy atom. The van der Waals surface area contributed by atoms with E-state index in [-0.39, 0.29) is 5.75 Å². The fourth-order valence-corrected chi connectivity index (χ4v) is 2.44. The lowest BCUT2D eigenvalue weighted by atomic mass is 9.96. The summed E-state index contributed by atoms with van der Waals surface area (Å²) in [4.78, 5) is 8.27. The van der Waals surface area contributed by atoms with Gasteiger partial charge < -0.3 is 5.11 Å². The minimum absolute atomic E-state index is 0.232. The van der Waals surface area contributed by atoms with Crippen molar-refractivity contribution in [2.75, 3.05) is 0 Å². The third kappa shape index (κ3) is 2.70. The molecule has 1 radical (unpaired) electrons. The first kappa shape index (κ1) is 14.3. The van der Waals surface area contributed by atoms with Gasteiger partial charge in [0.2, 0.25) is 0 Å². The third-order valence-electron chi connectivity index (χ3n) is 3.70. The molecule has 0 spiro atoms. The Kier molecular flexibility index (Phi) is 3.88. The summed E-state index contributed by atoms with van der Waals surface area (Å²) in [5, 5.41) is 10.4. The van der Waals surface area contributed by atoms with Crippen molar-refractivity contribution >= 4 is 0 Å². The fourth-order valence-electron chi connectivity index (χ4n) is 2.44. The number of aromatic nitrogens is 2. The van der Waals surface area contributed by atoms with Crippen LogP contribution in [0.15, 0.2) is 54.7 Å². The zero-order valence-corrected chi connectivity index (χ0v) is 12.6. The fraction of sp³-hybridized carbons (Fsp3) is 0.158. The van der Waals surface area contributed by atoms with Gasteiger partial charge >= 0.3 is 0 Å². The molecule has 3 rings (SSSR count).